The lowest BCUT2D eigenvalue weighted by Gasteiger charge is -2.22. The SMILES string of the molecule is [2H]C([2H])([2H])c1ccc(-c2cc([Si](C)(C)C)c(C([2H])([2H])C(C)C)c[n+]2C)c(C)c1. The molecule has 0 spiro atoms. The van der Waals surface area contributed by atoms with E-state index in [1.807, 2.05) is 44.6 Å². The Balaban J connectivity index is 2.75. The van der Waals surface area contributed by atoms with Crippen molar-refractivity contribution in [3.8, 4) is 11.3 Å². The number of benzene rings is 1. The fourth-order valence-electron chi connectivity index (χ4n) is 2.91. The number of aryl methyl sites for hydroxylation is 3. The van der Waals surface area contributed by atoms with E-state index in [0.717, 1.165) is 27.6 Å². The zero-order chi connectivity index (χ0) is 21.7. The molecule has 0 aliphatic heterocycles. The van der Waals surface area contributed by atoms with Crippen molar-refractivity contribution in [2.45, 2.75) is 53.6 Å². The molecule has 23 heavy (non-hydrogen) atoms. The highest BCUT2D eigenvalue weighted by Gasteiger charge is 2.26. The fourth-order valence-corrected chi connectivity index (χ4v) is 4.43. The van der Waals surface area contributed by atoms with Crippen molar-refractivity contribution < 1.29 is 11.4 Å². The van der Waals surface area contributed by atoms with Gasteiger partial charge in [-0.15, -0.1) is 0 Å². The van der Waals surface area contributed by atoms with Crippen molar-refractivity contribution in [1.82, 2.24) is 0 Å². The van der Waals surface area contributed by atoms with Gasteiger partial charge in [0.1, 0.15) is 7.05 Å². The summed E-state index contributed by atoms with van der Waals surface area (Å²) in [6, 6.07) is 7.40. The van der Waals surface area contributed by atoms with Gasteiger partial charge in [-0.25, -0.2) is 4.57 Å². The van der Waals surface area contributed by atoms with Gasteiger partial charge in [-0.2, -0.15) is 0 Å². The van der Waals surface area contributed by atoms with Crippen molar-refractivity contribution in [3.63, 3.8) is 0 Å². The largest absolute Gasteiger partial charge is 0.212 e. The van der Waals surface area contributed by atoms with Gasteiger partial charge in [0.25, 0.3) is 0 Å². The highest BCUT2D eigenvalue weighted by atomic mass is 28.3. The molecule has 0 saturated carbocycles. The minimum atomic E-state index is -2.12. The van der Waals surface area contributed by atoms with Crippen molar-refractivity contribution in [2.24, 2.45) is 13.0 Å². The Kier molecular flexibility index (Phi) is 3.45. The molecule has 0 amide bonds. The van der Waals surface area contributed by atoms with Crippen LogP contribution < -0.4 is 9.75 Å². The van der Waals surface area contributed by atoms with Crippen LogP contribution in [-0.2, 0) is 13.4 Å². The van der Waals surface area contributed by atoms with Gasteiger partial charge < -0.3 is 0 Å². The molecule has 0 fully saturated rings. The Morgan fingerprint density at radius 2 is 1.91 bits per heavy atom. The highest BCUT2D eigenvalue weighted by Crippen LogP contribution is 2.22. The third kappa shape index (κ3) is 4.11. The maximum atomic E-state index is 8.67. The number of hydrogen-bond acceptors (Lipinski definition) is 0. The third-order valence-electron chi connectivity index (χ3n) is 4.03. The van der Waals surface area contributed by atoms with Crippen LogP contribution in [0.1, 0.15) is 37.4 Å². The summed E-state index contributed by atoms with van der Waals surface area (Å²) < 4.78 is 42.2. The van der Waals surface area contributed by atoms with Gasteiger partial charge in [0.2, 0.25) is 5.69 Å². The molecule has 2 heteroatoms. The topological polar surface area (TPSA) is 3.88 Å². The Morgan fingerprint density at radius 3 is 2.43 bits per heavy atom. The van der Waals surface area contributed by atoms with Crippen LogP contribution in [-0.4, -0.2) is 8.07 Å². The number of pyridine rings is 1. The predicted molar refractivity (Wildman–Crippen MR) is 104 cm³/mol. The van der Waals surface area contributed by atoms with Gasteiger partial charge in [-0.1, -0.05) is 51.2 Å². The van der Waals surface area contributed by atoms with E-state index in [2.05, 4.69) is 25.7 Å². The first kappa shape index (κ1) is 12.0. The average Bonchev–Trinajstić information content (AvgIpc) is 2.52. The molecular formula is C21H32NSi+. The van der Waals surface area contributed by atoms with E-state index in [-0.39, 0.29) is 5.92 Å². The second-order valence-electron chi connectivity index (χ2n) is 7.68. The minimum absolute atomic E-state index is 0.131. The van der Waals surface area contributed by atoms with E-state index < -0.39 is 21.3 Å². The Hall–Kier alpha value is -1.41. The summed E-state index contributed by atoms with van der Waals surface area (Å²) in [5, 5.41) is 1.11. The zero-order valence-corrected chi connectivity index (χ0v) is 16.4. The van der Waals surface area contributed by atoms with Crippen molar-refractivity contribution in [2.75, 3.05) is 0 Å². The molecule has 0 atom stereocenters. The van der Waals surface area contributed by atoms with Gasteiger partial charge in [-0.05, 0) is 42.9 Å². The maximum Gasteiger partial charge on any atom is 0.212 e. The second kappa shape index (κ2) is 6.60. The van der Waals surface area contributed by atoms with Crippen LogP contribution >= 0.6 is 0 Å². The second-order valence-corrected chi connectivity index (χ2v) is 12.7. The van der Waals surface area contributed by atoms with E-state index >= 15 is 0 Å². The summed E-state index contributed by atoms with van der Waals surface area (Å²) in [4.78, 5) is 0. The molecule has 0 aliphatic rings. The van der Waals surface area contributed by atoms with Crippen molar-refractivity contribution >= 4 is 13.3 Å². The molecule has 0 radical (unpaired) electrons. The summed E-state index contributed by atoms with van der Waals surface area (Å²) in [7, 11) is 0.109. The normalized spacial score (nSPS) is 16.4. The molecule has 0 bridgehead atoms. The maximum absolute atomic E-state index is 8.67. The Bertz CT molecular complexity index is 880. The van der Waals surface area contributed by atoms with Crippen LogP contribution in [0.4, 0.5) is 0 Å². The molecule has 2 rings (SSSR count). The summed E-state index contributed by atoms with van der Waals surface area (Å²) in [5.74, 6) is -0.131. The number of nitrogens with zero attached hydrogens (tertiary/aromatic N) is 1. The minimum Gasteiger partial charge on any atom is -0.201 e. The zero-order valence-electron chi connectivity index (χ0n) is 20.4. The molecule has 0 saturated heterocycles. The van der Waals surface area contributed by atoms with E-state index in [1.165, 1.54) is 0 Å². The lowest BCUT2D eigenvalue weighted by molar-refractivity contribution is -0.660. The van der Waals surface area contributed by atoms with Crippen LogP contribution in [0, 0.1) is 19.7 Å². The fraction of sp³-hybridized carbons (Fsp3) is 0.476. The van der Waals surface area contributed by atoms with E-state index in [1.54, 1.807) is 12.1 Å². The molecule has 0 unspecified atom stereocenters. The van der Waals surface area contributed by atoms with E-state index in [9.17, 15) is 0 Å². The predicted octanol–water partition coefficient (Wildman–Crippen LogP) is 4.54. The summed E-state index contributed by atoms with van der Waals surface area (Å²) in [5.41, 5.74) is 3.98. The van der Waals surface area contributed by atoms with Gasteiger partial charge in [0.05, 0.1) is 8.07 Å². The number of aromatic nitrogens is 1. The van der Waals surface area contributed by atoms with Crippen LogP contribution in [0.5, 0.6) is 0 Å². The molecule has 2 aromatic rings. The molecule has 124 valence electrons. The summed E-state index contributed by atoms with van der Waals surface area (Å²) in [6.07, 6.45) is 0.520. The van der Waals surface area contributed by atoms with E-state index in [0.29, 0.717) is 5.56 Å². The monoisotopic (exact) mass is 331 g/mol. The third-order valence-corrected chi connectivity index (χ3v) is 6.06. The van der Waals surface area contributed by atoms with Gasteiger partial charge >= 0.3 is 0 Å². The number of hydrogen-bond donors (Lipinski definition) is 0. The molecule has 0 aliphatic carbocycles. The first-order valence-corrected chi connectivity index (χ1v) is 11.7. The quantitative estimate of drug-likeness (QED) is 0.572. The standard InChI is InChI=1S/C21H32NSi/c1-15(2)11-18-14-22(5)20(13-21(18)23(6,7)8)19-10-9-16(3)12-17(19)4/h9-10,12-15H,11H2,1-8H3/q+1/i3D3,11D2. The highest BCUT2D eigenvalue weighted by molar-refractivity contribution is 6.89. The summed E-state index contributed by atoms with van der Waals surface area (Å²) >= 11 is 0. The van der Waals surface area contributed by atoms with Crippen LogP contribution in [0.25, 0.3) is 11.3 Å². The molecule has 1 aromatic carbocycles. The molecule has 1 aromatic heterocycles. The van der Waals surface area contributed by atoms with Gasteiger partial charge in [0.15, 0.2) is 6.20 Å². The number of rotatable bonds is 4. The van der Waals surface area contributed by atoms with Gasteiger partial charge in [0, 0.05) is 24.0 Å². The van der Waals surface area contributed by atoms with Crippen LogP contribution in [0.2, 0.25) is 19.6 Å². The first-order chi connectivity index (χ1) is 12.6. The summed E-state index contributed by atoms with van der Waals surface area (Å²) in [6.45, 7) is 10.3. The van der Waals surface area contributed by atoms with E-state index in [4.69, 9.17) is 6.85 Å². The van der Waals surface area contributed by atoms with Crippen LogP contribution in [0.15, 0.2) is 30.5 Å². The lowest BCUT2D eigenvalue weighted by atomic mass is 10.00. The average molecular weight is 332 g/mol. The van der Waals surface area contributed by atoms with Crippen molar-refractivity contribution in [3.05, 3.63) is 47.2 Å². The molecular weight excluding hydrogens is 294 g/mol. The smallest absolute Gasteiger partial charge is 0.201 e. The molecule has 1 heterocycles. The van der Waals surface area contributed by atoms with Gasteiger partial charge in [-0.3, -0.25) is 0 Å². The van der Waals surface area contributed by atoms with Crippen molar-refractivity contribution in [1.29, 1.82) is 0 Å². The Labute approximate surface area is 150 Å². The lowest BCUT2D eigenvalue weighted by Crippen LogP contribution is -2.45. The first-order valence-electron chi connectivity index (χ1n) is 10.7. The molecule has 1 nitrogen and oxygen atoms in total. The van der Waals surface area contributed by atoms with Crippen LogP contribution in [0.3, 0.4) is 0 Å². The molecule has 0 N–H and O–H groups in total. The Morgan fingerprint density at radius 1 is 1.22 bits per heavy atom.